The van der Waals surface area contributed by atoms with E-state index in [1.165, 1.54) is 0 Å². The van der Waals surface area contributed by atoms with E-state index in [1.807, 2.05) is 0 Å². The number of hydrogen-bond acceptors (Lipinski definition) is 3. The Kier molecular flexibility index (Phi) is 4.83. The number of methoxy groups -OCH3 is 1. The fraction of sp³-hybridized carbons (Fsp3) is 0.400. The molecule has 0 saturated heterocycles. The summed E-state index contributed by atoms with van der Waals surface area (Å²) in [5.74, 6) is -0.933. The van der Waals surface area contributed by atoms with Crippen LogP contribution in [0, 0.1) is 0 Å². The van der Waals surface area contributed by atoms with E-state index < -0.39 is 46.4 Å². The van der Waals surface area contributed by atoms with Gasteiger partial charge >= 0.3 is 12.1 Å². The third-order valence-corrected chi connectivity index (χ3v) is 2.83. The fourth-order valence-corrected chi connectivity index (χ4v) is 1.87. The molecule has 0 amide bonds. The zero-order valence-corrected chi connectivity index (χ0v) is 11.0. The predicted octanol–water partition coefficient (Wildman–Crippen LogP) is 3.52. The summed E-state index contributed by atoms with van der Waals surface area (Å²) in [5.41, 5.74) is -2.90. The van der Waals surface area contributed by atoms with E-state index in [4.69, 9.17) is 0 Å². The smallest absolute Gasteiger partial charge is 0.416 e. The molecule has 9 heteroatoms. The first-order chi connectivity index (χ1) is 8.66. The van der Waals surface area contributed by atoms with Gasteiger partial charge in [0.2, 0.25) is 0 Å². The molecule has 0 radical (unpaired) electrons. The molecule has 0 aliphatic rings. The van der Waals surface area contributed by atoms with Gasteiger partial charge in [-0.25, -0.2) is 13.8 Å². The first-order valence-electron chi connectivity index (χ1n) is 4.78. The maximum absolute atomic E-state index is 12.8. The van der Waals surface area contributed by atoms with Crippen LogP contribution in [0.5, 0.6) is 0 Å². The molecular weight excluding hydrogens is 341 g/mol. The van der Waals surface area contributed by atoms with Crippen molar-refractivity contribution in [1.29, 1.82) is 0 Å². The topological polar surface area (TPSA) is 39.2 Å². The van der Waals surface area contributed by atoms with E-state index in [-0.39, 0.29) is 6.07 Å². The molecule has 3 nitrogen and oxygen atoms in total. The number of rotatable bonds is 3. The number of esters is 1. The minimum atomic E-state index is -4.88. The second-order valence-electron chi connectivity index (χ2n) is 3.42. The van der Waals surface area contributed by atoms with Gasteiger partial charge in [-0.05, 0) is 22.0 Å². The molecule has 1 aromatic heterocycles. The number of aromatic nitrogens is 1. The molecule has 1 rings (SSSR count). The molecule has 0 aliphatic carbocycles. The summed E-state index contributed by atoms with van der Waals surface area (Å²) in [5, 5.41) is 0. The summed E-state index contributed by atoms with van der Waals surface area (Å²) in [6.45, 7) is 0. The lowest BCUT2D eigenvalue weighted by Crippen LogP contribution is -2.16. The van der Waals surface area contributed by atoms with Crippen LogP contribution in [0.1, 0.15) is 23.2 Å². The molecule has 0 fully saturated rings. The van der Waals surface area contributed by atoms with Gasteiger partial charge in [0, 0.05) is 5.56 Å². The van der Waals surface area contributed by atoms with Gasteiger partial charge < -0.3 is 4.74 Å². The second-order valence-corrected chi connectivity index (χ2v) is 4.17. The fourth-order valence-electron chi connectivity index (χ4n) is 1.31. The first kappa shape index (κ1) is 15.8. The Morgan fingerprint density at radius 1 is 1.47 bits per heavy atom. The van der Waals surface area contributed by atoms with E-state index in [0.717, 1.165) is 7.11 Å². The number of alkyl halides is 5. The van der Waals surface area contributed by atoms with Crippen LogP contribution in [-0.2, 0) is 22.1 Å². The Morgan fingerprint density at radius 3 is 2.47 bits per heavy atom. The van der Waals surface area contributed by atoms with Crippen molar-refractivity contribution >= 4 is 21.9 Å². The van der Waals surface area contributed by atoms with Crippen LogP contribution in [0.3, 0.4) is 0 Å². The SMILES string of the molecule is COC(=O)Cc1c(C(F)(F)F)cc(C(F)F)nc1Br. The molecule has 0 unspecified atom stereocenters. The van der Waals surface area contributed by atoms with Gasteiger partial charge in [-0.2, -0.15) is 13.2 Å². The number of nitrogens with zero attached hydrogens (tertiary/aromatic N) is 1. The van der Waals surface area contributed by atoms with Crippen LogP contribution >= 0.6 is 15.9 Å². The van der Waals surface area contributed by atoms with Gasteiger partial charge in [0.05, 0.1) is 19.1 Å². The molecule has 19 heavy (non-hydrogen) atoms. The van der Waals surface area contributed by atoms with Gasteiger partial charge in [-0.1, -0.05) is 0 Å². The number of ether oxygens (including phenoxy) is 1. The summed E-state index contributed by atoms with van der Waals surface area (Å²) in [4.78, 5) is 14.3. The molecule has 0 atom stereocenters. The van der Waals surface area contributed by atoms with Crippen molar-refractivity contribution in [2.75, 3.05) is 7.11 Å². The number of hydrogen-bond donors (Lipinski definition) is 0. The third-order valence-electron chi connectivity index (χ3n) is 2.17. The van der Waals surface area contributed by atoms with Crippen molar-refractivity contribution in [3.8, 4) is 0 Å². The van der Waals surface area contributed by atoms with E-state index in [0.29, 0.717) is 0 Å². The molecule has 1 aromatic rings. The monoisotopic (exact) mass is 347 g/mol. The van der Waals surface area contributed by atoms with Crippen molar-refractivity contribution in [3.05, 3.63) is 27.5 Å². The number of carbonyl (C=O) groups is 1. The number of halogens is 6. The van der Waals surface area contributed by atoms with Crippen molar-refractivity contribution in [2.24, 2.45) is 0 Å². The maximum atomic E-state index is 12.8. The molecule has 0 spiro atoms. The minimum absolute atomic E-state index is 0.230. The number of carbonyl (C=O) groups excluding carboxylic acids is 1. The average molecular weight is 348 g/mol. The molecular formula is C10H7BrF5NO2. The highest BCUT2D eigenvalue weighted by Crippen LogP contribution is 2.37. The van der Waals surface area contributed by atoms with E-state index in [2.05, 4.69) is 25.7 Å². The first-order valence-corrected chi connectivity index (χ1v) is 5.57. The zero-order valence-electron chi connectivity index (χ0n) is 9.39. The second kappa shape index (κ2) is 5.81. The lowest BCUT2D eigenvalue weighted by Gasteiger charge is -2.15. The highest BCUT2D eigenvalue weighted by molar-refractivity contribution is 9.10. The van der Waals surface area contributed by atoms with Crippen LogP contribution in [0.25, 0.3) is 0 Å². The zero-order chi connectivity index (χ0) is 14.8. The summed E-state index contributed by atoms with van der Waals surface area (Å²) in [7, 11) is 1.00. The van der Waals surface area contributed by atoms with Crippen LogP contribution < -0.4 is 0 Å². The highest BCUT2D eigenvalue weighted by Gasteiger charge is 2.36. The Bertz CT molecular complexity index is 490. The summed E-state index contributed by atoms with van der Waals surface area (Å²) in [6, 6.07) is 0.230. The molecule has 0 N–H and O–H groups in total. The van der Waals surface area contributed by atoms with Crippen LogP contribution in [0.2, 0.25) is 0 Å². The Labute approximate surface area is 112 Å². The Balaban J connectivity index is 3.39. The van der Waals surface area contributed by atoms with Crippen LogP contribution in [-0.4, -0.2) is 18.1 Å². The van der Waals surface area contributed by atoms with Gasteiger partial charge in [0.1, 0.15) is 10.3 Å². The van der Waals surface area contributed by atoms with Crippen molar-refractivity contribution in [3.63, 3.8) is 0 Å². The Morgan fingerprint density at radius 2 is 2.05 bits per heavy atom. The maximum Gasteiger partial charge on any atom is 0.416 e. The third kappa shape index (κ3) is 3.85. The normalized spacial score (nSPS) is 11.8. The largest absolute Gasteiger partial charge is 0.469 e. The standard InChI is InChI=1S/C10H7BrF5NO2/c1-19-7(18)2-4-5(10(14,15)16)3-6(9(12)13)17-8(4)11/h3,9H,2H2,1H3. The highest BCUT2D eigenvalue weighted by atomic mass is 79.9. The van der Waals surface area contributed by atoms with Crippen molar-refractivity contribution < 1.29 is 31.5 Å². The molecule has 106 valence electrons. The van der Waals surface area contributed by atoms with Crippen LogP contribution in [0.15, 0.2) is 10.7 Å². The van der Waals surface area contributed by atoms with Crippen LogP contribution in [0.4, 0.5) is 22.0 Å². The van der Waals surface area contributed by atoms with E-state index in [9.17, 15) is 26.7 Å². The summed E-state index contributed by atoms with van der Waals surface area (Å²) < 4.78 is 67.0. The van der Waals surface area contributed by atoms with Gasteiger partial charge in [-0.15, -0.1) is 0 Å². The molecule has 0 aromatic carbocycles. The van der Waals surface area contributed by atoms with E-state index in [1.54, 1.807) is 0 Å². The lowest BCUT2D eigenvalue weighted by molar-refractivity contribution is -0.141. The predicted molar refractivity (Wildman–Crippen MR) is 57.6 cm³/mol. The summed E-state index contributed by atoms with van der Waals surface area (Å²) >= 11 is 2.66. The Hall–Kier alpha value is -1.25. The van der Waals surface area contributed by atoms with Gasteiger partial charge in [0.25, 0.3) is 6.43 Å². The van der Waals surface area contributed by atoms with Gasteiger partial charge in [0.15, 0.2) is 0 Å². The summed E-state index contributed by atoms with van der Waals surface area (Å²) in [6.07, 6.45) is -8.74. The number of pyridine rings is 1. The molecule has 0 saturated carbocycles. The minimum Gasteiger partial charge on any atom is -0.469 e. The van der Waals surface area contributed by atoms with E-state index >= 15 is 0 Å². The van der Waals surface area contributed by atoms with Crippen molar-refractivity contribution in [2.45, 2.75) is 19.0 Å². The van der Waals surface area contributed by atoms with Crippen molar-refractivity contribution in [1.82, 2.24) is 4.98 Å². The molecule has 1 heterocycles. The van der Waals surface area contributed by atoms with Gasteiger partial charge in [-0.3, -0.25) is 4.79 Å². The quantitative estimate of drug-likeness (QED) is 0.477. The molecule has 0 aliphatic heterocycles. The average Bonchev–Trinajstić information content (AvgIpc) is 2.29. The lowest BCUT2D eigenvalue weighted by atomic mass is 10.1. The molecule has 0 bridgehead atoms.